The molecule has 2 N–H and O–H groups in total. The summed E-state index contributed by atoms with van der Waals surface area (Å²) in [7, 11) is 0. The highest BCUT2D eigenvalue weighted by Crippen LogP contribution is 2.23. The number of nitrogens with zero attached hydrogens (tertiary/aromatic N) is 1. The Kier molecular flexibility index (Phi) is 4.73. The molecule has 5 nitrogen and oxygen atoms in total. The minimum atomic E-state index is -0.470. The van der Waals surface area contributed by atoms with Crippen LogP contribution in [0.15, 0.2) is 24.3 Å². The Morgan fingerprint density at radius 1 is 1.38 bits per heavy atom. The van der Waals surface area contributed by atoms with Crippen molar-refractivity contribution in [2.75, 3.05) is 13.1 Å². The first kappa shape index (κ1) is 15.6. The summed E-state index contributed by atoms with van der Waals surface area (Å²) < 4.78 is 11.4. The molecular formula is C16H24N2O3. The van der Waals surface area contributed by atoms with Gasteiger partial charge in [0.2, 0.25) is 0 Å². The Hall–Kier alpha value is -1.75. The van der Waals surface area contributed by atoms with Gasteiger partial charge in [-0.2, -0.15) is 0 Å². The summed E-state index contributed by atoms with van der Waals surface area (Å²) in [5.41, 5.74) is 6.22. The highest BCUT2D eigenvalue weighted by molar-refractivity contribution is 5.68. The summed E-state index contributed by atoms with van der Waals surface area (Å²) in [4.78, 5) is 13.7. The largest absolute Gasteiger partial charge is 0.488 e. The SMILES string of the molecule is CC(C)(C)OC(=O)N1CCC(Oc2ccccc2CN)C1. The van der Waals surface area contributed by atoms with E-state index < -0.39 is 5.60 Å². The van der Waals surface area contributed by atoms with Crippen molar-refractivity contribution < 1.29 is 14.3 Å². The number of hydrogen-bond donors (Lipinski definition) is 1. The minimum Gasteiger partial charge on any atom is -0.488 e. The molecule has 1 fully saturated rings. The topological polar surface area (TPSA) is 64.8 Å². The molecule has 0 radical (unpaired) electrons. The lowest BCUT2D eigenvalue weighted by Crippen LogP contribution is -2.36. The highest BCUT2D eigenvalue weighted by Gasteiger charge is 2.31. The van der Waals surface area contributed by atoms with E-state index in [4.69, 9.17) is 15.2 Å². The van der Waals surface area contributed by atoms with Crippen LogP contribution in [-0.2, 0) is 11.3 Å². The Labute approximate surface area is 126 Å². The van der Waals surface area contributed by atoms with E-state index >= 15 is 0 Å². The third kappa shape index (κ3) is 4.36. The lowest BCUT2D eigenvalue weighted by molar-refractivity contribution is 0.0275. The molecule has 1 saturated heterocycles. The Balaban J connectivity index is 1.92. The van der Waals surface area contributed by atoms with Gasteiger partial charge in [0, 0.05) is 25.1 Å². The van der Waals surface area contributed by atoms with Crippen molar-refractivity contribution >= 4 is 6.09 Å². The maximum atomic E-state index is 12.0. The first-order valence-electron chi connectivity index (χ1n) is 7.31. The van der Waals surface area contributed by atoms with Gasteiger partial charge in [0.1, 0.15) is 17.5 Å². The molecule has 5 heteroatoms. The predicted octanol–water partition coefficient (Wildman–Crippen LogP) is 2.53. The van der Waals surface area contributed by atoms with Crippen molar-refractivity contribution in [3.63, 3.8) is 0 Å². The molecule has 1 unspecified atom stereocenters. The molecule has 116 valence electrons. The molecule has 1 amide bonds. The molecule has 1 aliphatic heterocycles. The molecule has 0 bridgehead atoms. The molecule has 21 heavy (non-hydrogen) atoms. The van der Waals surface area contributed by atoms with Gasteiger partial charge in [-0.1, -0.05) is 18.2 Å². The highest BCUT2D eigenvalue weighted by atomic mass is 16.6. The van der Waals surface area contributed by atoms with E-state index in [9.17, 15) is 4.79 Å². The fraction of sp³-hybridized carbons (Fsp3) is 0.562. The van der Waals surface area contributed by atoms with E-state index in [0.717, 1.165) is 17.7 Å². The third-order valence-electron chi connectivity index (χ3n) is 3.28. The van der Waals surface area contributed by atoms with Gasteiger partial charge in [-0.3, -0.25) is 0 Å². The number of ether oxygens (including phenoxy) is 2. The van der Waals surface area contributed by atoms with E-state index in [1.165, 1.54) is 0 Å². The fourth-order valence-corrected chi connectivity index (χ4v) is 2.28. The number of carbonyl (C=O) groups is 1. The molecule has 0 aliphatic carbocycles. The van der Waals surface area contributed by atoms with E-state index in [-0.39, 0.29) is 12.2 Å². The van der Waals surface area contributed by atoms with Crippen LogP contribution in [0.5, 0.6) is 5.75 Å². The van der Waals surface area contributed by atoms with Gasteiger partial charge in [-0.05, 0) is 26.8 Å². The maximum Gasteiger partial charge on any atom is 0.410 e. The Morgan fingerprint density at radius 3 is 2.76 bits per heavy atom. The summed E-state index contributed by atoms with van der Waals surface area (Å²) in [6.07, 6.45) is 0.518. The van der Waals surface area contributed by atoms with Gasteiger partial charge in [0.05, 0.1) is 6.54 Å². The summed E-state index contributed by atoms with van der Waals surface area (Å²) in [5, 5.41) is 0. The molecular weight excluding hydrogens is 268 g/mol. The molecule has 1 aromatic rings. The van der Waals surface area contributed by atoms with Crippen molar-refractivity contribution in [1.82, 2.24) is 4.90 Å². The van der Waals surface area contributed by atoms with Crippen LogP contribution in [0, 0.1) is 0 Å². The van der Waals surface area contributed by atoms with Crippen molar-refractivity contribution in [3.8, 4) is 5.75 Å². The van der Waals surface area contributed by atoms with Crippen LogP contribution in [0.2, 0.25) is 0 Å². The fourth-order valence-electron chi connectivity index (χ4n) is 2.28. The predicted molar refractivity (Wildman–Crippen MR) is 81.2 cm³/mol. The Morgan fingerprint density at radius 2 is 2.10 bits per heavy atom. The van der Waals surface area contributed by atoms with Crippen LogP contribution < -0.4 is 10.5 Å². The number of carbonyl (C=O) groups excluding carboxylic acids is 1. The molecule has 1 heterocycles. The van der Waals surface area contributed by atoms with Gasteiger partial charge in [0.25, 0.3) is 0 Å². The molecule has 1 aromatic carbocycles. The molecule has 2 rings (SSSR count). The summed E-state index contributed by atoms with van der Waals surface area (Å²) >= 11 is 0. The van der Waals surface area contributed by atoms with Crippen LogP contribution in [-0.4, -0.2) is 35.8 Å². The second-order valence-electron chi connectivity index (χ2n) is 6.27. The number of amides is 1. The van der Waals surface area contributed by atoms with Gasteiger partial charge in [-0.25, -0.2) is 4.79 Å². The van der Waals surface area contributed by atoms with Crippen LogP contribution in [0.25, 0.3) is 0 Å². The van der Waals surface area contributed by atoms with E-state index in [2.05, 4.69) is 0 Å². The standard InChI is InChI=1S/C16H24N2O3/c1-16(2,3)21-15(19)18-9-8-13(11-18)20-14-7-5-4-6-12(14)10-17/h4-7,13H,8-11,17H2,1-3H3. The lowest BCUT2D eigenvalue weighted by Gasteiger charge is -2.24. The zero-order chi connectivity index (χ0) is 15.5. The number of benzene rings is 1. The number of rotatable bonds is 3. The molecule has 1 aliphatic rings. The smallest absolute Gasteiger partial charge is 0.410 e. The van der Waals surface area contributed by atoms with E-state index in [0.29, 0.717) is 19.6 Å². The molecule has 0 saturated carbocycles. The number of para-hydroxylation sites is 1. The van der Waals surface area contributed by atoms with Crippen LogP contribution >= 0.6 is 0 Å². The average Bonchev–Trinajstić information content (AvgIpc) is 2.86. The van der Waals surface area contributed by atoms with Crippen molar-refractivity contribution in [1.29, 1.82) is 0 Å². The Bertz CT molecular complexity index is 497. The van der Waals surface area contributed by atoms with Crippen LogP contribution in [0.3, 0.4) is 0 Å². The number of likely N-dealkylation sites (tertiary alicyclic amines) is 1. The third-order valence-corrected chi connectivity index (χ3v) is 3.28. The quantitative estimate of drug-likeness (QED) is 0.929. The number of nitrogens with two attached hydrogens (primary N) is 1. The molecule has 0 aromatic heterocycles. The lowest BCUT2D eigenvalue weighted by atomic mass is 10.2. The second-order valence-corrected chi connectivity index (χ2v) is 6.27. The first-order chi connectivity index (χ1) is 9.89. The van der Waals surface area contributed by atoms with Gasteiger partial charge >= 0.3 is 6.09 Å². The van der Waals surface area contributed by atoms with Crippen molar-refractivity contribution in [2.45, 2.75) is 45.4 Å². The zero-order valence-corrected chi connectivity index (χ0v) is 13.0. The van der Waals surface area contributed by atoms with E-state index in [1.54, 1.807) is 4.90 Å². The van der Waals surface area contributed by atoms with E-state index in [1.807, 2.05) is 45.0 Å². The van der Waals surface area contributed by atoms with Crippen LogP contribution in [0.4, 0.5) is 4.79 Å². The second kappa shape index (κ2) is 6.35. The number of hydrogen-bond acceptors (Lipinski definition) is 4. The maximum absolute atomic E-state index is 12.0. The van der Waals surface area contributed by atoms with Crippen molar-refractivity contribution in [2.24, 2.45) is 5.73 Å². The van der Waals surface area contributed by atoms with Crippen LogP contribution in [0.1, 0.15) is 32.8 Å². The first-order valence-corrected chi connectivity index (χ1v) is 7.31. The normalized spacial score (nSPS) is 18.7. The van der Waals surface area contributed by atoms with Gasteiger partial charge in [0.15, 0.2) is 0 Å². The van der Waals surface area contributed by atoms with Gasteiger partial charge < -0.3 is 20.1 Å². The zero-order valence-electron chi connectivity index (χ0n) is 13.0. The molecule has 1 atom stereocenters. The average molecular weight is 292 g/mol. The summed E-state index contributed by atoms with van der Waals surface area (Å²) in [6.45, 7) is 7.25. The monoisotopic (exact) mass is 292 g/mol. The summed E-state index contributed by atoms with van der Waals surface area (Å²) in [6, 6.07) is 7.74. The summed E-state index contributed by atoms with van der Waals surface area (Å²) in [5.74, 6) is 0.802. The minimum absolute atomic E-state index is 0.00906. The van der Waals surface area contributed by atoms with Gasteiger partial charge in [-0.15, -0.1) is 0 Å². The molecule has 0 spiro atoms. The van der Waals surface area contributed by atoms with Crippen molar-refractivity contribution in [3.05, 3.63) is 29.8 Å².